The summed E-state index contributed by atoms with van der Waals surface area (Å²) in [6.45, 7) is 11.0. The van der Waals surface area contributed by atoms with Crippen LogP contribution in [0.5, 0.6) is 5.75 Å². The minimum atomic E-state index is -3.17. The maximum Gasteiger partial charge on any atom is 0.324 e. The number of anilines is 1. The maximum atomic E-state index is 11.5. The Kier molecular flexibility index (Phi) is 6.75. The average molecular weight is 436 g/mol. The number of hydrogen-bond donors (Lipinski definition) is 0. The molecule has 166 valence electrons. The molecular weight excluding hydrogens is 402 g/mol. The van der Waals surface area contributed by atoms with Crippen LogP contribution in [0.4, 0.5) is 6.01 Å². The summed E-state index contributed by atoms with van der Waals surface area (Å²) in [6.07, 6.45) is 4.36. The second-order valence-electron chi connectivity index (χ2n) is 9.33. The van der Waals surface area contributed by atoms with Gasteiger partial charge < -0.3 is 14.2 Å². The molecule has 0 N–H and O–H groups in total. The summed E-state index contributed by atoms with van der Waals surface area (Å²) in [5.41, 5.74) is -0.111. The quantitative estimate of drug-likeness (QED) is 0.647. The lowest BCUT2D eigenvalue weighted by Crippen LogP contribution is -2.36. The minimum absolute atomic E-state index is 0.111. The Balaban J connectivity index is 1.43. The van der Waals surface area contributed by atoms with Crippen molar-refractivity contribution in [2.75, 3.05) is 30.9 Å². The van der Waals surface area contributed by atoms with E-state index in [2.05, 4.69) is 42.7 Å². The topological polar surface area (TPSA) is 85.5 Å². The molecule has 0 radical (unpaired) electrons. The van der Waals surface area contributed by atoms with E-state index in [9.17, 15) is 8.42 Å². The summed E-state index contributed by atoms with van der Waals surface area (Å²) >= 11 is 0. The molecule has 8 heteroatoms. The monoisotopic (exact) mass is 435 g/mol. The van der Waals surface area contributed by atoms with Crippen LogP contribution in [0, 0.1) is 11.8 Å². The first-order valence-electron chi connectivity index (χ1n) is 10.6. The third-order valence-corrected chi connectivity index (χ3v) is 6.92. The van der Waals surface area contributed by atoms with Gasteiger partial charge >= 0.3 is 6.01 Å². The molecule has 1 aromatic carbocycles. The van der Waals surface area contributed by atoms with Crippen LogP contribution in [0.15, 0.2) is 33.7 Å². The van der Waals surface area contributed by atoms with Crippen LogP contribution in [0.25, 0.3) is 0 Å². The SMILES string of the molecule is CC(CCOc1ccc(S(C)(=O)=O)cc1)C1CCN(c2nc(C(C)(C)C)no2)CC1. The van der Waals surface area contributed by atoms with Crippen LogP contribution >= 0.6 is 0 Å². The van der Waals surface area contributed by atoms with E-state index in [1.807, 2.05) is 0 Å². The molecule has 0 aliphatic carbocycles. The average Bonchev–Trinajstić information content (AvgIpc) is 3.18. The van der Waals surface area contributed by atoms with Crippen molar-refractivity contribution in [3.63, 3.8) is 0 Å². The van der Waals surface area contributed by atoms with Gasteiger partial charge in [-0.05, 0) is 55.4 Å². The van der Waals surface area contributed by atoms with Crippen molar-refractivity contribution in [2.45, 2.75) is 57.3 Å². The van der Waals surface area contributed by atoms with Crippen molar-refractivity contribution >= 4 is 15.9 Å². The molecule has 3 rings (SSSR count). The second-order valence-corrected chi connectivity index (χ2v) is 11.3. The van der Waals surface area contributed by atoms with Gasteiger partial charge in [0, 0.05) is 24.8 Å². The van der Waals surface area contributed by atoms with Crippen molar-refractivity contribution in [2.24, 2.45) is 11.8 Å². The molecule has 2 aromatic rings. The van der Waals surface area contributed by atoms with Crippen molar-refractivity contribution in [1.82, 2.24) is 10.1 Å². The largest absolute Gasteiger partial charge is 0.494 e. The second kappa shape index (κ2) is 8.96. The zero-order valence-corrected chi connectivity index (χ0v) is 19.4. The smallest absolute Gasteiger partial charge is 0.324 e. The number of piperidine rings is 1. The van der Waals surface area contributed by atoms with E-state index in [4.69, 9.17) is 9.26 Å². The molecule has 1 atom stereocenters. The molecule has 1 aliphatic heterocycles. The van der Waals surface area contributed by atoms with Gasteiger partial charge in [-0.2, -0.15) is 4.98 Å². The maximum absolute atomic E-state index is 11.5. The summed E-state index contributed by atoms with van der Waals surface area (Å²) in [5.74, 6) is 2.64. The fourth-order valence-electron chi connectivity index (χ4n) is 3.69. The van der Waals surface area contributed by atoms with Crippen LogP contribution in [0.1, 0.15) is 52.8 Å². The Hall–Kier alpha value is -2.09. The van der Waals surface area contributed by atoms with E-state index in [1.54, 1.807) is 24.3 Å². The fraction of sp³-hybridized carbons (Fsp3) is 0.636. The van der Waals surface area contributed by atoms with Crippen LogP contribution in [0.2, 0.25) is 0 Å². The van der Waals surface area contributed by atoms with Crippen LogP contribution in [-0.4, -0.2) is 44.5 Å². The van der Waals surface area contributed by atoms with E-state index < -0.39 is 9.84 Å². The highest BCUT2D eigenvalue weighted by Crippen LogP contribution is 2.30. The van der Waals surface area contributed by atoms with E-state index in [1.165, 1.54) is 6.26 Å². The van der Waals surface area contributed by atoms with Crippen molar-refractivity contribution in [1.29, 1.82) is 0 Å². The number of hydrogen-bond acceptors (Lipinski definition) is 7. The van der Waals surface area contributed by atoms with E-state index in [0.717, 1.165) is 38.2 Å². The molecule has 0 amide bonds. The molecule has 1 unspecified atom stereocenters. The zero-order chi connectivity index (χ0) is 21.9. The van der Waals surface area contributed by atoms with Crippen LogP contribution in [0.3, 0.4) is 0 Å². The number of sulfone groups is 1. The predicted molar refractivity (Wildman–Crippen MR) is 117 cm³/mol. The van der Waals surface area contributed by atoms with Crippen molar-refractivity contribution in [3.8, 4) is 5.75 Å². The summed E-state index contributed by atoms with van der Waals surface area (Å²) in [4.78, 5) is 7.07. The van der Waals surface area contributed by atoms with Crippen molar-refractivity contribution in [3.05, 3.63) is 30.1 Å². The lowest BCUT2D eigenvalue weighted by atomic mass is 9.84. The molecule has 7 nitrogen and oxygen atoms in total. The first kappa shape index (κ1) is 22.6. The minimum Gasteiger partial charge on any atom is -0.494 e. The summed E-state index contributed by atoms with van der Waals surface area (Å²) in [7, 11) is -3.17. The van der Waals surface area contributed by atoms with Gasteiger partial charge in [0.25, 0.3) is 0 Å². The van der Waals surface area contributed by atoms with Crippen LogP contribution < -0.4 is 9.64 Å². The Morgan fingerprint density at radius 2 is 1.83 bits per heavy atom. The number of aromatic nitrogens is 2. The Labute approximate surface area is 179 Å². The van der Waals surface area contributed by atoms with Crippen LogP contribution in [-0.2, 0) is 15.3 Å². The standard InChI is InChI=1S/C22H33N3O4S/c1-16(12-15-28-18-6-8-19(9-7-18)30(5,26)27)17-10-13-25(14-11-17)21-23-20(24-29-21)22(2,3)4/h6-9,16-17H,10-15H2,1-5H3. The number of rotatable bonds is 7. The molecule has 1 saturated heterocycles. The highest BCUT2D eigenvalue weighted by Gasteiger charge is 2.28. The lowest BCUT2D eigenvalue weighted by Gasteiger charge is -2.33. The highest BCUT2D eigenvalue weighted by molar-refractivity contribution is 7.90. The summed E-state index contributed by atoms with van der Waals surface area (Å²) in [5, 5.41) is 4.13. The summed E-state index contributed by atoms with van der Waals surface area (Å²) in [6, 6.07) is 7.25. The molecule has 1 fully saturated rings. The lowest BCUT2D eigenvalue weighted by molar-refractivity contribution is 0.220. The van der Waals surface area contributed by atoms with Gasteiger partial charge in [0.15, 0.2) is 15.7 Å². The van der Waals surface area contributed by atoms with Crippen molar-refractivity contribution < 1.29 is 17.7 Å². The molecule has 1 aliphatic rings. The Bertz CT molecular complexity index is 924. The third kappa shape index (κ3) is 5.74. The first-order valence-corrected chi connectivity index (χ1v) is 12.5. The molecule has 1 aromatic heterocycles. The zero-order valence-electron chi connectivity index (χ0n) is 18.6. The Morgan fingerprint density at radius 3 is 2.37 bits per heavy atom. The number of benzene rings is 1. The third-order valence-electron chi connectivity index (χ3n) is 5.79. The molecule has 30 heavy (non-hydrogen) atoms. The first-order chi connectivity index (χ1) is 14.0. The van der Waals surface area contributed by atoms with E-state index in [-0.39, 0.29) is 5.41 Å². The van der Waals surface area contributed by atoms with Gasteiger partial charge in [0.2, 0.25) is 0 Å². The fourth-order valence-corrected chi connectivity index (χ4v) is 4.32. The van der Waals surface area contributed by atoms with Gasteiger partial charge in [-0.15, -0.1) is 0 Å². The number of ether oxygens (including phenoxy) is 1. The molecule has 0 spiro atoms. The van der Waals surface area contributed by atoms with Gasteiger partial charge in [0.05, 0.1) is 11.5 Å². The van der Waals surface area contributed by atoms with Gasteiger partial charge in [0.1, 0.15) is 5.75 Å². The number of nitrogens with zero attached hydrogens (tertiary/aromatic N) is 3. The predicted octanol–water partition coefficient (Wildman–Crippen LogP) is 4.09. The van der Waals surface area contributed by atoms with Gasteiger partial charge in [-0.3, -0.25) is 0 Å². The van der Waals surface area contributed by atoms with E-state index in [0.29, 0.717) is 35.1 Å². The Morgan fingerprint density at radius 1 is 1.20 bits per heavy atom. The van der Waals surface area contributed by atoms with E-state index >= 15 is 0 Å². The molecule has 2 heterocycles. The molecule has 0 saturated carbocycles. The van der Waals surface area contributed by atoms with Gasteiger partial charge in [-0.1, -0.05) is 32.9 Å². The summed E-state index contributed by atoms with van der Waals surface area (Å²) < 4.78 is 34.3. The molecule has 0 bridgehead atoms. The highest BCUT2D eigenvalue weighted by atomic mass is 32.2. The normalized spacial score (nSPS) is 17.2. The molecular formula is C22H33N3O4S. The van der Waals surface area contributed by atoms with Gasteiger partial charge in [-0.25, -0.2) is 8.42 Å².